The molecule has 0 radical (unpaired) electrons. The maximum atomic E-state index is 13.5. The van der Waals surface area contributed by atoms with Crippen LogP contribution in [0.4, 0.5) is 0 Å². The van der Waals surface area contributed by atoms with Gasteiger partial charge in [0.25, 0.3) is 11.5 Å². The lowest BCUT2D eigenvalue weighted by molar-refractivity contribution is 0.0734. The van der Waals surface area contributed by atoms with Gasteiger partial charge in [-0.3, -0.25) is 14.2 Å². The highest BCUT2D eigenvalue weighted by Crippen LogP contribution is 2.33. The number of halogens is 1. The molecule has 1 unspecified atom stereocenters. The van der Waals surface area contributed by atoms with E-state index in [4.69, 9.17) is 14.5 Å². The predicted octanol–water partition coefficient (Wildman–Crippen LogP) is 4.71. The van der Waals surface area contributed by atoms with Gasteiger partial charge in [0.05, 0.1) is 22.6 Å². The molecular formula is C25H20BrN3O4. The van der Waals surface area contributed by atoms with E-state index in [-0.39, 0.29) is 18.3 Å². The Morgan fingerprint density at radius 3 is 2.58 bits per heavy atom. The van der Waals surface area contributed by atoms with Gasteiger partial charge in [-0.05, 0) is 61.5 Å². The maximum absolute atomic E-state index is 13.5. The number of fused-ring (bicyclic) bond motifs is 2. The monoisotopic (exact) mass is 505 g/mol. The summed E-state index contributed by atoms with van der Waals surface area (Å²) in [6.45, 7) is 2.00. The first-order valence-electron chi connectivity index (χ1n) is 10.4. The Kier molecular flexibility index (Phi) is 5.38. The zero-order chi connectivity index (χ0) is 23.1. The fourth-order valence-corrected chi connectivity index (χ4v) is 4.12. The van der Waals surface area contributed by atoms with Crippen LogP contribution in [0.5, 0.6) is 11.5 Å². The number of rotatable bonds is 4. The molecule has 33 heavy (non-hydrogen) atoms. The highest BCUT2D eigenvalue weighted by molar-refractivity contribution is 9.10. The minimum Gasteiger partial charge on any atom is -0.454 e. The predicted molar refractivity (Wildman–Crippen MR) is 128 cm³/mol. The van der Waals surface area contributed by atoms with Crippen LogP contribution in [0, 0.1) is 0 Å². The average Bonchev–Trinajstić information content (AvgIpc) is 3.31. The van der Waals surface area contributed by atoms with E-state index in [9.17, 15) is 9.59 Å². The molecule has 0 N–H and O–H groups in total. The van der Waals surface area contributed by atoms with Gasteiger partial charge in [0, 0.05) is 17.1 Å². The number of nitrogens with zero attached hydrogens (tertiary/aromatic N) is 3. The van der Waals surface area contributed by atoms with E-state index in [1.54, 1.807) is 46.8 Å². The van der Waals surface area contributed by atoms with E-state index in [1.807, 2.05) is 43.3 Å². The lowest BCUT2D eigenvalue weighted by atomic mass is 10.1. The molecular weight excluding hydrogens is 486 g/mol. The largest absolute Gasteiger partial charge is 0.454 e. The van der Waals surface area contributed by atoms with Crippen LogP contribution in [-0.2, 0) is 0 Å². The van der Waals surface area contributed by atoms with Crippen molar-refractivity contribution in [1.29, 1.82) is 0 Å². The summed E-state index contributed by atoms with van der Waals surface area (Å²) in [5, 5.41) is 0.515. The Labute approximate surface area is 198 Å². The van der Waals surface area contributed by atoms with Crippen LogP contribution in [0.25, 0.3) is 16.6 Å². The molecule has 1 amide bonds. The summed E-state index contributed by atoms with van der Waals surface area (Å²) in [6.07, 6.45) is 0. The van der Waals surface area contributed by atoms with Crippen molar-refractivity contribution in [3.8, 4) is 17.2 Å². The lowest BCUT2D eigenvalue weighted by Gasteiger charge is -2.27. The topological polar surface area (TPSA) is 73.7 Å². The third kappa shape index (κ3) is 3.76. The molecule has 1 aliphatic rings. The van der Waals surface area contributed by atoms with Crippen molar-refractivity contribution in [2.45, 2.75) is 13.0 Å². The summed E-state index contributed by atoms with van der Waals surface area (Å²) in [7, 11) is 1.70. The molecule has 7 nitrogen and oxygen atoms in total. The van der Waals surface area contributed by atoms with Gasteiger partial charge < -0.3 is 14.4 Å². The molecule has 1 aliphatic heterocycles. The van der Waals surface area contributed by atoms with Crippen LogP contribution in [0.15, 0.2) is 76.0 Å². The second-order valence-electron chi connectivity index (χ2n) is 7.76. The first kappa shape index (κ1) is 21.2. The quantitative estimate of drug-likeness (QED) is 0.401. The van der Waals surface area contributed by atoms with Gasteiger partial charge in [-0.2, -0.15) is 0 Å². The number of carbonyl (C=O) groups excluding carboxylic acids is 1. The molecule has 1 atom stereocenters. The SMILES string of the molecule is CC(c1nc2ccccc2c(=O)n1-c1ccc(Br)cc1)N(C)C(=O)c1ccc2c(c1)OCO2. The number of hydrogen-bond acceptors (Lipinski definition) is 5. The van der Waals surface area contributed by atoms with E-state index in [1.165, 1.54) is 0 Å². The third-order valence-corrected chi connectivity index (χ3v) is 6.31. The number of amides is 1. The Bertz CT molecular complexity index is 1430. The highest BCUT2D eigenvalue weighted by Gasteiger charge is 2.26. The van der Waals surface area contributed by atoms with Crippen LogP contribution in [0.1, 0.15) is 29.1 Å². The van der Waals surface area contributed by atoms with Gasteiger partial charge in [-0.1, -0.05) is 28.1 Å². The van der Waals surface area contributed by atoms with Crippen LogP contribution in [0.2, 0.25) is 0 Å². The van der Waals surface area contributed by atoms with E-state index in [0.29, 0.717) is 39.5 Å². The number of ether oxygens (including phenoxy) is 2. The lowest BCUT2D eigenvalue weighted by Crippen LogP contribution is -2.34. The summed E-state index contributed by atoms with van der Waals surface area (Å²) in [4.78, 5) is 33.2. The summed E-state index contributed by atoms with van der Waals surface area (Å²) in [5.41, 5.74) is 1.54. The van der Waals surface area contributed by atoms with E-state index in [0.717, 1.165) is 4.47 Å². The molecule has 2 heterocycles. The number of carbonyl (C=O) groups is 1. The number of aromatic nitrogens is 2. The van der Waals surface area contributed by atoms with Crippen molar-refractivity contribution in [2.75, 3.05) is 13.8 Å². The summed E-state index contributed by atoms with van der Waals surface area (Å²) in [5.74, 6) is 1.41. The molecule has 8 heteroatoms. The van der Waals surface area contributed by atoms with Crippen molar-refractivity contribution in [2.24, 2.45) is 0 Å². The van der Waals surface area contributed by atoms with E-state index < -0.39 is 6.04 Å². The maximum Gasteiger partial charge on any atom is 0.266 e. The molecule has 0 spiro atoms. The summed E-state index contributed by atoms with van der Waals surface area (Å²) in [6, 6.07) is 19.2. The zero-order valence-corrected chi connectivity index (χ0v) is 19.6. The van der Waals surface area contributed by atoms with Crippen molar-refractivity contribution in [3.63, 3.8) is 0 Å². The molecule has 0 saturated carbocycles. The summed E-state index contributed by atoms with van der Waals surface area (Å²) < 4.78 is 13.2. The van der Waals surface area contributed by atoms with Crippen molar-refractivity contribution < 1.29 is 14.3 Å². The Morgan fingerprint density at radius 2 is 1.79 bits per heavy atom. The first-order chi connectivity index (χ1) is 15.9. The van der Waals surface area contributed by atoms with Crippen molar-refractivity contribution in [3.05, 3.63) is 92.9 Å². The van der Waals surface area contributed by atoms with Gasteiger partial charge in [0.2, 0.25) is 6.79 Å². The van der Waals surface area contributed by atoms with Crippen LogP contribution < -0.4 is 15.0 Å². The second kappa shape index (κ2) is 8.37. The fourth-order valence-electron chi connectivity index (χ4n) is 3.85. The number of benzene rings is 3. The van der Waals surface area contributed by atoms with Crippen LogP contribution >= 0.6 is 15.9 Å². The molecule has 166 valence electrons. The summed E-state index contributed by atoms with van der Waals surface area (Å²) >= 11 is 3.44. The van der Waals surface area contributed by atoms with E-state index in [2.05, 4.69) is 15.9 Å². The van der Waals surface area contributed by atoms with Crippen LogP contribution in [-0.4, -0.2) is 34.2 Å². The molecule has 3 aromatic carbocycles. The molecule has 0 saturated heterocycles. The first-order valence-corrected chi connectivity index (χ1v) is 11.2. The average molecular weight is 506 g/mol. The minimum atomic E-state index is -0.496. The van der Waals surface area contributed by atoms with Gasteiger partial charge in [-0.15, -0.1) is 0 Å². The zero-order valence-electron chi connectivity index (χ0n) is 18.0. The number of hydrogen-bond donors (Lipinski definition) is 0. The smallest absolute Gasteiger partial charge is 0.266 e. The minimum absolute atomic E-state index is 0.139. The van der Waals surface area contributed by atoms with Gasteiger partial charge >= 0.3 is 0 Å². The molecule has 0 bridgehead atoms. The Hall–Kier alpha value is -3.65. The normalized spacial score (nSPS) is 13.2. The molecule has 1 aromatic heterocycles. The third-order valence-electron chi connectivity index (χ3n) is 5.78. The van der Waals surface area contributed by atoms with Gasteiger partial charge in [-0.25, -0.2) is 4.98 Å². The Balaban J connectivity index is 1.60. The second-order valence-corrected chi connectivity index (χ2v) is 8.68. The van der Waals surface area contributed by atoms with Gasteiger partial charge in [0.15, 0.2) is 11.5 Å². The van der Waals surface area contributed by atoms with E-state index >= 15 is 0 Å². The highest BCUT2D eigenvalue weighted by atomic mass is 79.9. The molecule has 0 fully saturated rings. The fraction of sp³-hybridized carbons (Fsp3) is 0.160. The van der Waals surface area contributed by atoms with Crippen molar-refractivity contribution >= 4 is 32.7 Å². The Morgan fingerprint density at radius 1 is 1.06 bits per heavy atom. The standard InChI is InChI=1S/C25H20BrN3O4/c1-15(28(2)24(30)16-7-12-21-22(13-16)33-14-32-21)23-27-20-6-4-3-5-19(20)25(31)29(23)18-10-8-17(26)9-11-18/h3-13,15H,14H2,1-2H3. The van der Waals surface area contributed by atoms with Crippen LogP contribution in [0.3, 0.4) is 0 Å². The van der Waals surface area contributed by atoms with Gasteiger partial charge in [0.1, 0.15) is 5.82 Å². The molecule has 5 rings (SSSR count). The van der Waals surface area contributed by atoms with Crippen molar-refractivity contribution in [1.82, 2.24) is 14.5 Å². The number of para-hydroxylation sites is 1. The molecule has 4 aromatic rings. The molecule has 0 aliphatic carbocycles.